The lowest BCUT2D eigenvalue weighted by atomic mass is 9.85. The number of cyclic esters (lactones) is 1. The van der Waals surface area contributed by atoms with Crippen LogP contribution in [-0.2, 0) is 29.1 Å². The summed E-state index contributed by atoms with van der Waals surface area (Å²) < 4.78 is 73.6. The van der Waals surface area contributed by atoms with Gasteiger partial charge in [-0.3, -0.25) is 19.1 Å². The van der Waals surface area contributed by atoms with Gasteiger partial charge in [0.15, 0.2) is 0 Å². The number of hydrogen-bond donors (Lipinski definition) is 3. The van der Waals surface area contributed by atoms with Gasteiger partial charge in [-0.25, -0.2) is 27.0 Å². The standard InChI is InChI=1S/C38H43F2N5O9S/c1-20-19-52-23-10-7-9-21(14-23)26-15-22-8-5-6-11-28(22)41-33(26)54-24-16-29(45(18-24)34(47)30(37(2,3)4)42-36(49)53-20)32(46)43-38(17-27(38)31(39)40)35(48)44-55(50,51)25-12-13-25/h5-11,14-15,20,24-25,27,29-31H,12-13,16-19H2,1-4H3,(H,42,49)(H,43,46)(H,44,48)/t20-,24?,27-,29-,30-,38?/m0/s1. The molecule has 3 aromatic rings. The summed E-state index contributed by atoms with van der Waals surface area (Å²) in [7, 11) is -4.14. The average molecular weight is 784 g/mol. The molecule has 2 aliphatic heterocycles. The zero-order chi connectivity index (χ0) is 39.4. The van der Waals surface area contributed by atoms with Gasteiger partial charge in [-0.05, 0) is 61.4 Å². The van der Waals surface area contributed by atoms with E-state index in [2.05, 4.69) is 10.6 Å². The minimum atomic E-state index is -4.14. The minimum absolute atomic E-state index is 0.0162. The zero-order valence-corrected chi connectivity index (χ0v) is 31.5. The first kappa shape index (κ1) is 38.2. The van der Waals surface area contributed by atoms with Gasteiger partial charge in [0.25, 0.3) is 5.91 Å². The van der Waals surface area contributed by atoms with E-state index in [9.17, 15) is 36.4 Å². The average Bonchev–Trinajstić information content (AvgIpc) is 4.05. The third kappa shape index (κ3) is 7.89. The van der Waals surface area contributed by atoms with Crippen LogP contribution in [0.15, 0.2) is 54.6 Å². The monoisotopic (exact) mass is 783 g/mol. The van der Waals surface area contributed by atoms with Crippen LogP contribution in [0.5, 0.6) is 11.6 Å². The number of nitrogens with zero attached hydrogens (tertiary/aromatic N) is 2. The lowest BCUT2D eigenvalue weighted by molar-refractivity contribution is -0.143. The van der Waals surface area contributed by atoms with Gasteiger partial charge in [0.05, 0.1) is 23.2 Å². The van der Waals surface area contributed by atoms with Crippen molar-refractivity contribution in [3.63, 3.8) is 0 Å². The third-order valence-electron chi connectivity index (χ3n) is 10.4. The van der Waals surface area contributed by atoms with Crippen LogP contribution < -0.4 is 24.8 Å². The molecule has 4 amide bonds. The number of para-hydroxylation sites is 1. The van der Waals surface area contributed by atoms with Gasteiger partial charge < -0.3 is 29.7 Å². The predicted octanol–water partition coefficient (Wildman–Crippen LogP) is 3.92. The van der Waals surface area contributed by atoms with Crippen molar-refractivity contribution in [3.8, 4) is 22.8 Å². The molecule has 1 saturated heterocycles. The lowest BCUT2D eigenvalue weighted by Gasteiger charge is -2.35. The molecule has 4 aliphatic rings. The van der Waals surface area contributed by atoms with Crippen molar-refractivity contribution in [2.45, 2.75) is 94.9 Å². The summed E-state index contributed by atoms with van der Waals surface area (Å²) in [6, 6.07) is 13.8. The lowest BCUT2D eigenvalue weighted by Crippen LogP contribution is -2.60. The highest BCUT2D eigenvalue weighted by Gasteiger charge is 2.67. The largest absolute Gasteiger partial charge is 0.490 e. The van der Waals surface area contributed by atoms with Crippen LogP contribution in [0.2, 0.25) is 0 Å². The molecule has 294 valence electrons. The van der Waals surface area contributed by atoms with Crippen molar-refractivity contribution in [1.29, 1.82) is 0 Å². The van der Waals surface area contributed by atoms with E-state index in [1.165, 1.54) is 4.90 Å². The number of rotatable bonds is 6. The fourth-order valence-electron chi connectivity index (χ4n) is 7.12. The molecule has 6 atom stereocenters. The maximum Gasteiger partial charge on any atom is 0.408 e. The summed E-state index contributed by atoms with van der Waals surface area (Å²) >= 11 is 0. The number of alkyl halides is 2. The van der Waals surface area contributed by atoms with Crippen LogP contribution in [0.4, 0.5) is 13.6 Å². The molecule has 3 N–H and O–H groups in total. The maximum absolute atomic E-state index is 14.5. The van der Waals surface area contributed by atoms with Crippen molar-refractivity contribution >= 4 is 44.7 Å². The number of fused-ring (bicyclic) bond motifs is 7. The molecule has 14 nitrogen and oxygen atoms in total. The van der Waals surface area contributed by atoms with E-state index in [-0.39, 0.29) is 25.5 Å². The first-order chi connectivity index (χ1) is 25.9. The quantitative estimate of drug-likeness (QED) is 0.332. The second kappa shape index (κ2) is 14.2. The SMILES string of the molecule is C[C@H]1COc2cccc(c2)-c2cc3ccccc3nc2OC2C[C@@H](C(=O)NC3(C(=O)NS(=O)(=O)C4CC4)C[C@H]3C(F)F)N(C2)C(=O)[C@@H](C(C)(C)C)NC(=O)O1. The number of carbonyl (C=O) groups excluding carboxylic acids is 4. The Morgan fingerprint density at radius 1 is 1.05 bits per heavy atom. The Balaban J connectivity index is 1.27. The van der Waals surface area contributed by atoms with E-state index in [1.807, 2.05) is 41.1 Å². The predicted molar refractivity (Wildman–Crippen MR) is 195 cm³/mol. The minimum Gasteiger partial charge on any atom is -0.490 e. The fraction of sp³-hybridized carbons (Fsp3) is 0.500. The van der Waals surface area contributed by atoms with Gasteiger partial charge >= 0.3 is 6.09 Å². The highest BCUT2D eigenvalue weighted by Crippen LogP contribution is 2.48. The summed E-state index contributed by atoms with van der Waals surface area (Å²) in [6.45, 7) is 6.54. The molecule has 2 saturated carbocycles. The first-order valence-electron chi connectivity index (χ1n) is 18.2. The van der Waals surface area contributed by atoms with Crippen molar-refractivity contribution < 1.29 is 50.6 Å². The summed E-state index contributed by atoms with van der Waals surface area (Å²) in [6.07, 6.45) is -5.63. The van der Waals surface area contributed by atoms with E-state index in [4.69, 9.17) is 19.2 Å². The van der Waals surface area contributed by atoms with E-state index in [0.29, 0.717) is 35.2 Å². The Labute approximate surface area is 316 Å². The second-order valence-electron chi connectivity index (χ2n) is 15.8. The van der Waals surface area contributed by atoms with Gasteiger partial charge in [-0.15, -0.1) is 0 Å². The van der Waals surface area contributed by atoms with Crippen molar-refractivity contribution in [2.75, 3.05) is 13.2 Å². The molecule has 2 aliphatic carbocycles. The molecule has 2 unspecified atom stereocenters. The van der Waals surface area contributed by atoms with Gasteiger partial charge in [-0.1, -0.05) is 51.1 Å². The van der Waals surface area contributed by atoms with Crippen LogP contribution in [0, 0.1) is 11.3 Å². The first-order valence-corrected chi connectivity index (χ1v) is 19.7. The van der Waals surface area contributed by atoms with Crippen molar-refractivity contribution in [1.82, 2.24) is 25.2 Å². The highest BCUT2D eigenvalue weighted by atomic mass is 32.2. The molecular formula is C38H43F2N5O9S. The number of nitrogens with one attached hydrogen (secondary N) is 3. The number of alkyl carbamates (subject to hydrolysis) is 1. The number of amides is 4. The number of aromatic nitrogens is 1. The topological polar surface area (TPSA) is 182 Å². The normalized spacial score (nSPS) is 27.2. The molecular weight excluding hydrogens is 741 g/mol. The Hall–Kier alpha value is -5.06. The van der Waals surface area contributed by atoms with E-state index in [0.717, 1.165) is 5.39 Å². The number of halogens is 2. The summed E-state index contributed by atoms with van der Waals surface area (Å²) in [5.41, 5.74) is -1.28. The van der Waals surface area contributed by atoms with Crippen molar-refractivity contribution in [3.05, 3.63) is 54.6 Å². The highest BCUT2D eigenvalue weighted by molar-refractivity contribution is 7.91. The molecule has 7 rings (SSSR count). The van der Waals surface area contributed by atoms with Gasteiger partial charge in [0.1, 0.15) is 42.2 Å². The molecule has 1 aromatic heterocycles. The van der Waals surface area contributed by atoms with Crippen LogP contribution in [0.25, 0.3) is 22.0 Å². The molecule has 3 heterocycles. The number of sulfonamides is 1. The third-order valence-corrected chi connectivity index (χ3v) is 12.2. The zero-order valence-electron chi connectivity index (χ0n) is 30.7. The second-order valence-corrected chi connectivity index (χ2v) is 17.8. The molecule has 0 spiro atoms. The molecule has 17 heteroatoms. The molecule has 0 radical (unpaired) electrons. The maximum atomic E-state index is 14.5. The summed E-state index contributed by atoms with van der Waals surface area (Å²) in [5, 5.41) is 5.06. The van der Waals surface area contributed by atoms with Crippen LogP contribution in [0.1, 0.15) is 53.4 Å². The number of ether oxygens (including phenoxy) is 3. The van der Waals surface area contributed by atoms with Crippen LogP contribution in [0.3, 0.4) is 0 Å². The smallest absolute Gasteiger partial charge is 0.408 e. The van der Waals surface area contributed by atoms with Gasteiger partial charge in [0.2, 0.25) is 34.1 Å². The van der Waals surface area contributed by atoms with Crippen LogP contribution >= 0.6 is 0 Å². The van der Waals surface area contributed by atoms with Crippen molar-refractivity contribution in [2.24, 2.45) is 11.3 Å². The van der Waals surface area contributed by atoms with Gasteiger partial charge in [0, 0.05) is 17.4 Å². The van der Waals surface area contributed by atoms with E-state index >= 15 is 0 Å². The van der Waals surface area contributed by atoms with E-state index < -0.39 is 93.1 Å². The number of benzene rings is 2. The Kier molecular flexibility index (Phi) is 9.88. The van der Waals surface area contributed by atoms with Crippen LogP contribution in [-0.4, -0.2) is 96.8 Å². The fourth-order valence-corrected chi connectivity index (χ4v) is 8.48. The number of carbonyl (C=O) groups is 4. The molecule has 4 bridgehead atoms. The number of hydrogen-bond acceptors (Lipinski definition) is 10. The molecule has 55 heavy (non-hydrogen) atoms. The Bertz CT molecular complexity index is 2140. The Morgan fingerprint density at radius 2 is 1.80 bits per heavy atom. The van der Waals surface area contributed by atoms with E-state index in [1.54, 1.807) is 45.9 Å². The molecule has 3 fully saturated rings. The summed E-state index contributed by atoms with van der Waals surface area (Å²) in [4.78, 5) is 61.4. The van der Waals surface area contributed by atoms with Gasteiger partial charge in [-0.2, -0.15) is 0 Å². The number of pyridine rings is 1. The summed E-state index contributed by atoms with van der Waals surface area (Å²) in [5.74, 6) is -3.91. The Morgan fingerprint density at radius 3 is 2.49 bits per heavy atom. The molecule has 2 aromatic carbocycles.